The van der Waals surface area contributed by atoms with Gasteiger partial charge in [0, 0.05) is 11.1 Å². The highest BCUT2D eigenvalue weighted by atomic mass is 16.4. The molecule has 0 aliphatic heterocycles. The normalized spacial score (nSPS) is 11.6. The zero-order valence-electron chi connectivity index (χ0n) is 9.68. The van der Waals surface area contributed by atoms with Gasteiger partial charge in [0.1, 0.15) is 6.04 Å². The molecular formula is C13H16N2O2. The maximum absolute atomic E-state index is 10.8. The molecule has 0 aliphatic carbocycles. The van der Waals surface area contributed by atoms with E-state index in [-0.39, 0.29) is 6.15 Å². The molecule has 5 N–H and O–H groups in total. The maximum Gasteiger partial charge on any atom is 0.325 e. The van der Waals surface area contributed by atoms with Crippen LogP contribution in [0.5, 0.6) is 0 Å². The van der Waals surface area contributed by atoms with Crippen molar-refractivity contribution in [2.24, 2.45) is 0 Å². The van der Waals surface area contributed by atoms with Gasteiger partial charge in [-0.25, -0.2) is 0 Å². The third-order valence-corrected chi connectivity index (χ3v) is 2.53. The lowest BCUT2D eigenvalue weighted by Gasteiger charge is -2.12. The molecule has 1 atom stereocenters. The van der Waals surface area contributed by atoms with Crippen LogP contribution in [-0.2, 0) is 4.79 Å². The number of hydrogen-bond donors (Lipinski definition) is 3. The summed E-state index contributed by atoms with van der Waals surface area (Å²) in [5.41, 5.74) is 0.855. The largest absolute Gasteiger partial charge is 0.480 e. The van der Waals surface area contributed by atoms with Crippen LogP contribution in [0.25, 0.3) is 10.8 Å². The molecule has 0 saturated heterocycles. The average Bonchev–Trinajstić information content (AvgIpc) is 2.29. The molecule has 0 heterocycles. The summed E-state index contributed by atoms with van der Waals surface area (Å²) in [5.74, 6) is -0.854. The molecule has 0 bridgehead atoms. The second-order valence-electron chi connectivity index (χ2n) is 3.73. The van der Waals surface area contributed by atoms with Crippen molar-refractivity contribution in [3.05, 3.63) is 42.5 Å². The van der Waals surface area contributed by atoms with Gasteiger partial charge in [0.25, 0.3) is 0 Å². The Morgan fingerprint density at radius 1 is 1.18 bits per heavy atom. The van der Waals surface area contributed by atoms with Gasteiger partial charge < -0.3 is 16.6 Å². The Bertz CT molecular complexity index is 520. The van der Waals surface area contributed by atoms with Crippen molar-refractivity contribution in [2.45, 2.75) is 13.0 Å². The number of rotatable bonds is 3. The molecule has 2 rings (SSSR count). The number of nitrogens with one attached hydrogen (secondary N) is 1. The van der Waals surface area contributed by atoms with Crippen molar-refractivity contribution in [3.63, 3.8) is 0 Å². The van der Waals surface area contributed by atoms with E-state index in [0.717, 1.165) is 16.5 Å². The van der Waals surface area contributed by atoms with Crippen molar-refractivity contribution >= 4 is 22.4 Å². The monoisotopic (exact) mass is 232 g/mol. The standard InChI is InChI=1S/C13H13NO2.H3N/c1-9(13(15)16)14-12-8-4-6-10-5-2-3-7-11(10)12;/h2-9,14H,1H3,(H,15,16);1H3/t9-;/m0./s1. The molecule has 4 heteroatoms. The van der Waals surface area contributed by atoms with E-state index in [0.29, 0.717) is 0 Å². The summed E-state index contributed by atoms with van der Waals surface area (Å²) in [6, 6.07) is 13.1. The summed E-state index contributed by atoms with van der Waals surface area (Å²) >= 11 is 0. The van der Waals surface area contributed by atoms with Gasteiger partial charge in [-0.1, -0.05) is 36.4 Å². The summed E-state index contributed by atoms with van der Waals surface area (Å²) in [7, 11) is 0. The molecule has 90 valence electrons. The Kier molecular flexibility index (Phi) is 4.06. The van der Waals surface area contributed by atoms with Crippen LogP contribution in [0.2, 0.25) is 0 Å². The molecule has 2 aromatic rings. The fraction of sp³-hybridized carbons (Fsp3) is 0.154. The Balaban J connectivity index is 0.00000144. The van der Waals surface area contributed by atoms with Gasteiger partial charge >= 0.3 is 5.97 Å². The summed E-state index contributed by atoms with van der Waals surface area (Å²) in [6.45, 7) is 1.63. The van der Waals surface area contributed by atoms with E-state index < -0.39 is 12.0 Å². The second-order valence-corrected chi connectivity index (χ2v) is 3.73. The molecule has 2 aromatic carbocycles. The summed E-state index contributed by atoms with van der Waals surface area (Å²) in [5, 5.41) is 14.0. The van der Waals surface area contributed by atoms with Crippen molar-refractivity contribution in [3.8, 4) is 0 Å². The lowest BCUT2D eigenvalue weighted by atomic mass is 10.1. The van der Waals surface area contributed by atoms with Crippen molar-refractivity contribution in [2.75, 3.05) is 5.32 Å². The van der Waals surface area contributed by atoms with E-state index >= 15 is 0 Å². The molecule has 4 nitrogen and oxygen atoms in total. The zero-order valence-corrected chi connectivity index (χ0v) is 9.68. The van der Waals surface area contributed by atoms with Crippen LogP contribution in [0.3, 0.4) is 0 Å². The molecule has 0 aliphatic rings. The van der Waals surface area contributed by atoms with Crippen LogP contribution in [0.4, 0.5) is 5.69 Å². The fourth-order valence-electron chi connectivity index (χ4n) is 1.65. The predicted molar refractivity (Wildman–Crippen MR) is 69.7 cm³/mol. The number of carbonyl (C=O) groups is 1. The number of carboxylic acids is 1. The highest BCUT2D eigenvalue weighted by Crippen LogP contribution is 2.23. The fourth-order valence-corrected chi connectivity index (χ4v) is 1.65. The van der Waals surface area contributed by atoms with Crippen molar-refractivity contribution < 1.29 is 9.90 Å². The molecule has 0 unspecified atom stereocenters. The Morgan fingerprint density at radius 3 is 2.53 bits per heavy atom. The summed E-state index contributed by atoms with van der Waals surface area (Å²) < 4.78 is 0. The minimum absolute atomic E-state index is 0. The number of fused-ring (bicyclic) bond motifs is 1. The van der Waals surface area contributed by atoms with Gasteiger partial charge in [0.15, 0.2) is 0 Å². The van der Waals surface area contributed by atoms with Gasteiger partial charge in [-0.05, 0) is 18.4 Å². The predicted octanol–water partition coefficient (Wildman–Crippen LogP) is 2.89. The van der Waals surface area contributed by atoms with Gasteiger partial charge in [0.05, 0.1) is 0 Å². The van der Waals surface area contributed by atoms with Gasteiger partial charge in [-0.3, -0.25) is 4.79 Å². The number of anilines is 1. The van der Waals surface area contributed by atoms with E-state index in [1.807, 2.05) is 42.5 Å². The third-order valence-electron chi connectivity index (χ3n) is 2.53. The van der Waals surface area contributed by atoms with Gasteiger partial charge in [0.2, 0.25) is 0 Å². The molecule has 0 aromatic heterocycles. The van der Waals surface area contributed by atoms with Crippen LogP contribution < -0.4 is 11.5 Å². The first-order valence-electron chi connectivity index (χ1n) is 5.15. The van der Waals surface area contributed by atoms with E-state index in [1.54, 1.807) is 6.92 Å². The first-order valence-corrected chi connectivity index (χ1v) is 5.15. The van der Waals surface area contributed by atoms with Gasteiger partial charge in [-0.15, -0.1) is 0 Å². The van der Waals surface area contributed by atoms with Crippen LogP contribution in [0, 0.1) is 0 Å². The number of benzene rings is 2. The van der Waals surface area contributed by atoms with E-state index in [4.69, 9.17) is 5.11 Å². The van der Waals surface area contributed by atoms with Crippen molar-refractivity contribution in [1.29, 1.82) is 0 Å². The summed E-state index contributed by atoms with van der Waals surface area (Å²) in [6.07, 6.45) is 0. The van der Waals surface area contributed by atoms with Crippen molar-refractivity contribution in [1.82, 2.24) is 6.15 Å². The molecule has 0 radical (unpaired) electrons. The van der Waals surface area contributed by atoms with Crippen LogP contribution in [-0.4, -0.2) is 17.1 Å². The van der Waals surface area contributed by atoms with E-state index in [9.17, 15) is 4.79 Å². The number of hydrogen-bond acceptors (Lipinski definition) is 3. The average molecular weight is 232 g/mol. The van der Waals surface area contributed by atoms with Gasteiger partial charge in [-0.2, -0.15) is 0 Å². The quantitative estimate of drug-likeness (QED) is 0.759. The molecular weight excluding hydrogens is 216 g/mol. The zero-order chi connectivity index (χ0) is 11.5. The minimum Gasteiger partial charge on any atom is -0.480 e. The van der Waals surface area contributed by atoms with E-state index in [2.05, 4.69) is 5.32 Å². The highest BCUT2D eigenvalue weighted by Gasteiger charge is 2.11. The third kappa shape index (κ3) is 2.73. The lowest BCUT2D eigenvalue weighted by Crippen LogP contribution is -2.25. The molecule has 0 spiro atoms. The first kappa shape index (κ1) is 13.0. The lowest BCUT2D eigenvalue weighted by molar-refractivity contribution is -0.137. The topological polar surface area (TPSA) is 84.3 Å². The summed E-state index contributed by atoms with van der Waals surface area (Å²) in [4.78, 5) is 10.8. The SMILES string of the molecule is C[C@H](Nc1cccc2ccccc12)C(=O)O.N. The first-order chi connectivity index (χ1) is 7.68. The molecule has 0 fully saturated rings. The Labute approximate surface area is 99.8 Å². The molecule has 17 heavy (non-hydrogen) atoms. The van der Waals surface area contributed by atoms with Crippen LogP contribution in [0.15, 0.2) is 42.5 Å². The Hall–Kier alpha value is -2.07. The smallest absolute Gasteiger partial charge is 0.325 e. The maximum atomic E-state index is 10.8. The number of aliphatic carboxylic acids is 1. The van der Waals surface area contributed by atoms with E-state index in [1.165, 1.54) is 0 Å². The van der Waals surface area contributed by atoms with Crippen LogP contribution >= 0.6 is 0 Å². The number of carboxylic acid groups (broad SMARTS) is 1. The molecule has 0 amide bonds. The Morgan fingerprint density at radius 2 is 1.82 bits per heavy atom. The minimum atomic E-state index is -0.854. The molecule has 0 saturated carbocycles. The van der Waals surface area contributed by atoms with Crippen LogP contribution in [0.1, 0.15) is 6.92 Å². The second kappa shape index (κ2) is 5.32. The highest BCUT2D eigenvalue weighted by molar-refractivity contribution is 5.95.